The first kappa shape index (κ1) is 9.51. The number of amides is 1. The van der Waals surface area contributed by atoms with E-state index in [1.807, 2.05) is 12.1 Å². The molecule has 0 saturated carbocycles. The maximum Gasteiger partial charge on any atom is 0.224 e. The third kappa shape index (κ3) is 1.60. The van der Waals surface area contributed by atoms with E-state index in [1.54, 1.807) is 0 Å². The van der Waals surface area contributed by atoms with E-state index in [1.165, 1.54) is 5.56 Å². The zero-order chi connectivity index (χ0) is 11.0. The fraction of sp³-hybridized carbons (Fsp3) is 0.417. The van der Waals surface area contributed by atoms with Crippen LogP contribution in [0.4, 0.5) is 0 Å². The summed E-state index contributed by atoms with van der Waals surface area (Å²) in [6.07, 6.45) is 1.30. The molecule has 1 aromatic rings. The highest BCUT2D eigenvalue weighted by atomic mass is 16.6. The Morgan fingerprint density at radius 3 is 2.50 bits per heavy atom. The fourth-order valence-electron chi connectivity index (χ4n) is 2.14. The van der Waals surface area contributed by atoms with E-state index in [4.69, 9.17) is 9.47 Å². The second-order valence-corrected chi connectivity index (χ2v) is 4.04. The summed E-state index contributed by atoms with van der Waals surface area (Å²) >= 11 is 0. The van der Waals surface area contributed by atoms with Gasteiger partial charge in [0, 0.05) is 6.54 Å². The smallest absolute Gasteiger partial charge is 0.224 e. The van der Waals surface area contributed by atoms with Crippen molar-refractivity contribution in [2.75, 3.05) is 19.8 Å². The Morgan fingerprint density at radius 1 is 1.06 bits per heavy atom. The highest BCUT2D eigenvalue weighted by molar-refractivity contribution is 5.80. The molecule has 2 heterocycles. The number of ether oxygens (including phenoxy) is 2. The first-order valence-corrected chi connectivity index (χ1v) is 5.51. The summed E-state index contributed by atoms with van der Waals surface area (Å²) in [5.74, 6) is 1.65. The van der Waals surface area contributed by atoms with Crippen LogP contribution in [0.15, 0.2) is 12.1 Å². The SMILES string of the molecule is O=C1Cc2cc3c(cc2CCN1)OCCO3. The number of rotatable bonds is 0. The summed E-state index contributed by atoms with van der Waals surface area (Å²) < 4.78 is 11.0. The summed E-state index contributed by atoms with van der Waals surface area (Å²) in [5.41, 5.74) is 2.24. The molecule has 2 aliphatic rings. The predicted molar refractivity (Wildman–Crippen MR) is 57.8 cm³/mol. The molecule has 0 spiro atoms. The van der Waals surface area contributed by atoms with Gasteiger partial charge in [0.15, 0.2) is 11.5 Å². The van der Waals surface area contributed by atoms with Gasteiger partial charge in [-0.1, -0.05) is 0 Å². The van der Waals surface area contributed by atoms with Crippen LogP contribution in [-0.2, 0) is 17.6 Å². The monoisotopic (exact) mass is 219 g/mol. The molecule has 84 valence electrons. The normalized spacial score (nSPS) is 18.4. The van der Waals surface area contributed by atoms with Crippen LogP contribution in [0.25, 0.3) is 0 Å². The van der Waals surface area contributed by atoms with Crippen LogP contribution < -0.4 is 14.8 Å². The third-order valence-electron chi connectivity index (χ3n) is 2.93. The summed E-state index contributed by atoms with van der Waals surface area (Å²) in [6.45, 7) is 1.88. The molecular formula is C12H13NO3. The van der Waals surface area contributed by atoms with E-state index in [0.717, 1.165) is 23.5 Å². The van der Waals surface area contributed by atoms with Gasteiger partial charge in [0.05, 0.1) is 6.42 Å². The summed E-state index contributed by atoms with van der Waals surface area (Å²) in [7, 11) is 0. The first-order chi connectivity index (χ1) is 7.83. The molecule has 0 radical (unpaired) electrons. The van der Waals surface area contributed by atoms with Crippen LogP contribution in [0.1, 0.15) is 11.1 Å². The molecule has 4 nitrogen and oxygen atoms in total. The highest BCUT2D eigenvalue weighted by Crippen LogP contribution is 2.34. The van der Waals surface area contributed by atoms with Crippen molar-refractivity contribution in [2.24, 2.45) is 0 Å². The summed E-state index contributed by atoms with van der Waals surface area (Å²) in [4.78, 5) is 11.4. The summed E-state index contributed by atoms with van der Waals surface area (Å²) in [5, 5.41) is 2.86. The van der Waals surface area contributed by atoms with E-state index < -0.39 is 0 Å². The van der Waals surface area contributed by atoms with Crippen molar-refractivity contribution in [1.82, 2.24) is 5.32 Å². The fourth-order valence-corrected chi connectivity index (χ4v) is 2.14. The largest absolute Gasteiger partial charge is 0.486 e. The molecule has 0 fully saturated rings. The number of nitrogens with one attached hydrogen (secondary N) is 1. The lowest BCUT2D eigenvalue weighted by molar-refractivity contribution is -0.120. The molecule has 3 rings (SSSR count). The molecule has 2 aliphatic heterocycles. The molecule has 0 aromatic heterocycles. The minimum absolute atomic E-state index is 0.0791. The Hall–Kier alpha value is -1.71. The number of benzene rings is 1. The Labute approximate surface area is 93.5 Å². The standard InChI is InChI=1S/C12H13NO3/c14-12-7-9-6-11-10(15-3-4-16-11)5-8(9)1-2-13-12/h5-6H,1-4,7H2,(H,13,14). The van der Waals surface area contributed by atoms with E-state index in [9.17, 15) is 4.79 Å². The van der Waals surface area contributed by atoms with Crippen LogP contribution in [0.5, 0.6) is 11.5 Å². The van der Waals surface area contributed by atoms with Crippen molar-refractivity contribution >= 4 is 5.91 Å². The lowest BCUT2D eigenvalue weighted by Crippen LogP contribution is -2.24. The molecule has 1 N–H and O–H groups in total. The second kappa shape index (κ2) is 3.70. The van der Waals surface area contributed by atoms with Crippen molar-refractivity contribution in [3.05, 3.63) is 23.3 Å². The third-order valence-corrected chi connectivity index (χ3v) is 2.93. The lowest BCUT2D eigenvalue weighted by atomic mass is 10.0. The zero-order valence-corrected chi connectivity index (χ0v) is 8.91. The molecule has 1 aromatic carbocycles. The molecule has 0 unspecified atom stereocenters. The lowest BCUT2D eigenvalue weighted by Gasteiger charge is -2.20. The van der Waals surface area contributed by atoms with E-state index >= 15 is 0 Å². The Bertz CT molecular complexity index is 442. The van der Waals surface area contributed by atoms with Crippen molar-refractivity contribution in [3.8, 4) is 11.5 Å². The highest BCUT2D eigenvalue weighted by Gasteiger charge is 2.19. The molecule has 0 atom stereocenters. The maximum atomic E-state index is 11.4. The van der Waals surface area contributed by atoms with Gasteiger partial charge in [-0.25, -0.2) is 0 Å². The van der Waals surface area contributed by atoms with Crippen LogP contribution in [0, 0.1) is 0 Å². The van der Waals surface area contributed by atoms with Crippen LogP contribution in [-0.4, -0.2) is 25.7 Å². The topological polar surface area (TPSA) is 47.6 Å². The van der Waals surface area contributed by atoms with Crippen molar-refractivity contribution in [1.29, 1.82) is 0 Å². The quantitative estimate of drug-likeness (QED) is 0.697. The zero-order valence-electron chi connectivity index (χ0n) is 8.91. The predicted octanol–water partition coefficient (Wildman–Crippen LogP) is 0.673. The van der Waals surface area contributed by atoms with Crippen LogP contribution in [0.2, 0.25) is 0 Å². The van der Waals surface area contributed by atoms with Gasteiger partial charge in [-0.15, -0.1) is 0 Å². The van der Waals surface area contributed by atoms with Crippen molar-refractivity contribution < 1.29 is 14.3 Å². The Morgan fingerprint density at radius 2 is 1.75 bits per heavy atom. The van der Waals surface area contributed by atoms with E-state index in [2.05, 4.69) is 5.32 Å². The van der Waals surface area contributed by atoms with Gasteiger partial charge >= 0.3 is 0 Å². The average molecular weight is 219 g/mol. The maximum absolute atomic E-state index is 11.4. The summed E-state index contributed by atoms with van der Waals surface area (Å²) in [6, 6.07) is 3.94. The van der Waals surface area contributed by atoms with E-state index in [-0.39, 0.29) is 5.91 Å². The van der Waals surface area contributed by atoms with E-state index in [0.29, 0.717) is 26.2 Å². The molecule has 4 heteroatoms. The van der Waals surface area contributed by atoms with Gasteiger partial charge in [0.25, 0.3) is 0 Å². The molecule has 1 amide bonds. The Kier molecular flexibility index (Phi) is 2.20. The molecule has 0 bridgehead atoms. The number of hydrogen-bond donors (Lipinski definition) is 1. The van der Waals surface area contributed by atoms with Crippen molar-refractivity contribution in [2.45, 2.75) is 12.8 Å². The molecule has 0 aliphatic carbocycles. The van der Waals surface area contributed by atoms with Gasteiger partial charge in [-0.05, 0) is 29.7 Å². The van der Waals surface area contributed by atoms with Gasteiger partial charge < -0.3 is 14.8 Å². The number of fused-ring (bicyclic) bond motifs is 2. The number of hydrogen-bond acceptors (Lipinski definition) is 3. The minimum atomic E-state index is 0.0791. The first-order valence-electron chi connectivity index (χ1n) is 5.51. The molecule has 16 heavy (non-hydrogen) atoms. The van der Waals surface area contributed by atoms with Gasteiger partial charge in [0.2, 0.25) is 5.91 Å². The minimum Gasteiger partial charge on any atom is -0.486 e. The van der Waals surface area contributed by atoms with Crippen LogP contribution in [0.3, 0.4) is 0 Å². The number of carbonyl (C=O) groups is 1. The second-order valence-electron chi connectivity index (χ2n) is 4.04. The van der Waals surface area contributed by atoms with Gasteiger partial charge in [-0.2, -0.15) is 0 Å². The Balaban J connectivity index is 2.04. The molecule has 0 saturated heterocycles. The van der Waals surface area contributed by atoms with Crippen LogP contribution >= 0.6 is 0 Å². The van der Waals surface area contributed by atoms with Gasteiger partial charge in [0.1, 0.15) is 13.2 Å². The van der Waals surface area contributed by atoms with Crippen molar-refractivity contribution in [3.63, 3.8) is 0 Å². The molecular weight excluding hydrogens is 206 g/mol. The van der Waals surface area contributed by atoms with Gasteiger partial charge in [-0.3, -0.25) is 4.79 Å². The number of carbonyl (C=O) groups excluding carboxylic acids is 1. The average Bonchev–Trinajstić information content (AvgIpc) is 2.46.